The fourth-order valence-electron chi connectivity index (χ4n) is 3.50. The van der Waals surface area contributed by atoms with Crippen LogP contribution in [0.1, 0.15) is 54.4 Å². The van der Waals surface area contributed by atoms with E-state index in [4.69, 9.17) is 0 Å². The lowest BCUT2D eigenvalue weighted by Gasteiger charge is -2.22. The van der Waals surface area contributed by atoms with Gasteiger partial charge in [-0.05, 0) is 68.1 Å². The molecule has 0 radical (unpaired) electrons. The van der Waals surface area contributed by atoms with Crippen molar-refractivity contribution < 1.29 is 9.59 Å². The predicted octanol–water partition coefficient (Wildman–Crippen LogP) is 3.28. The van der Waals surface area contributed by atoms with Gasteiger partial charge in [0.25, 0.3) is 5.91 Å². The van der Waals surface area contributed by atoms with Crippen LogP contribution in [-0.4, -0.2) is 29.8 Å². The summed E-state index contributed by atoms with van der Waals surface area (Å²) in [5.74, 6) is 1.48. The van der Waals surface area contributed by atoms with Crippen LogP contribution in [0.25, 0.3) is 0 Å². The molecule has 0 aliphatic heterocycles. The molecule has 4 nitrogen and oxygen atoms in total. The highest BCUT2D eigenvalue weighted by Gasteiger charge is 2.38. The van der Waals surface area contributed by atoms with Gasteiger partial charge in [0.1, 0.15) is 0 Å². The lowest BCUT2D eigenvalue weighted by atomic mass is 10.1. The molecule has 4 heteroatoms. The summed E-state index contributed by atoms with van der Waals surface area (Å²) >= 11 is 0. The average Bonchev–Trinajstić information content (AvgIpc) is 3.51. The molecule has 2 amide bonds. The van der Waals surface area contributed by atoms with E-state index in [0.717, 1.165) is 18.4 Å². The van der Waals surface area contributed by atoms with E-state index in [9.17, 15) is 9.59 Å². The number of nitrogens with one attached hydrogen (secondary N) is 1. The molecule has 3 fully saturated rings. The predicted molar refractivity (Wildman–Crippen MR) is 96.9 cm³/mol. The zero-order valence-corrected chi connectivity index (χ0v) is 14.8. The molecule has 0 bridgehead atoms. The molecule has 0 saturated heterocycles. The molecule has 132 valence electrons. The highest BCUT2D eigenvalue weighted by Crippen LogP contribution is 2.48. The second-order valence-electron chi connectivity index (χ2n) is 7.67. The smallest absolute Gasteiger partial charge is 0.251 e. The van der Waals surface area contributed by atoms with Crippen LogP contribution in [0.3, 0.4) is 0 Å². The molecule has 1 aromatic rings. The number of rotatable bonds is 7. The number of allylic oxidation sites excluding steroid dienone is 1. The van der Waals surface area contributed by atoms with Crippen molar-refractivity contribution in [3.8, 4) is 0 Å². The summed E-state index contributed by atoms with van der Waals surface area (Å²) in [5.41, 5.74) is 3.16. The van der Waals surface area contributed by atoms with E-state index in [1.165, 1.54) is 31.3 Å². The zero-order valence-electron chi connectivity index (χ0n) is 14.8. The fraction of sp³-hybridized carbons (Fsp3) is 0.524. The van der Waals surface area contributed by atoms with Crippen molar-refractivity contribution >= 4 is 11.8 Å². The van der Waals surface area contributed by atoms with Crippen LogP contribution in [-0.2, 0) is 11.3 Å². The largest absolute Gasteiger partial charge is 0.355 e. The quantitative estimate of drug-likeness (QED) is 0.776. The Kier molecular flexibility index (Phi) is 4.36. The summed E-state index contributed by atoms with van der Waals surface area (Å²) in [6.45, 7) is 0.636. The van der Waals surface area contributed by atoms with Crippen LogP contribution in [0, 0.1) is 11.8 Å². The first-order valence-corrected chi connectivity index (χ1v) is 9.49. The Bertz CT molecular complexity index is 681. The highest BCUT2D eigenvalue weighted by molar-refractivity contribution is 5.94. The molecular formula is C21H26N2O2. The monoisotopic (exact) mass is 338 g/mol. The van der Waals surface area contributed by atoms with E-state index in [2.05, 4.69) is 5.32 Å². The van der Waals surface area contributed by atoms with E-state index in [1.54, 1.807) is 7.05 Å². The van der Waals surface area contributed by atoms with E-state index < -0.39 is 0 Å². The van der Waals surface area contributed by atoms with Crippen LogP contribution in [0.5, 0.6) is 0 Å². The van der Waals surface area contributed by atoms with E-state index >= 15 is 0 Å². The van der Waals surface area contributed by atoms with Gasteiger partial charge in [0.2, 0.25) is 5.91 Å². The topological polar surface area (TPSA) is 49.4 Å². The Balaban J connectivity index is 1.47. The minimum Gasteiger partial charge on any atom is -0.355 e. The Morgan fingerprint density at radius 1 is 1.04 bits per heavy atom. The molecule has 4 rings (SSSR count). The summed E-state index contributed by atoms with van der Waals surface area (Å²) in [5, 5.41) is 2.63. The third kappa shape index (κ3) is 3.94. The standard InChI is InChI=1S/C21H26N2O2/c1-22-21(25)17-4-2-14(3-5-17)13-23(18-10-11-18)20(24)12-19(15-6-7-15)16-8-9-16/h2-5,12,15-16,18H,6-11,13H2,1H3,(H,22,25). The van der Waals surface area contributed by atoms with E-state index in [0.29, 0.717) is 30.0 Å². The molecular weight excluding hydrogens is 312 g/mol. The van der Waals surface area contributed by atoms with Crippen LogP contribution in [0.2, 0.25) is 0 Å². The van der Waals surface area contributed by atoms with Crippen molar-refractivity contribution in [2.75, 3.05) is 7.05 Å². The van der Waals surface area contributed by atoms with Gasteiger partial charge in [-0.1, -0.05) is 17.7 Å². The fourth-order valence-corrected chi connectivity index (χ4v) is 3.50. The second kappa shape index (κ2) is 6.66. The van der Waals surface area contributed by atoms with Crippen molar-refractivity contribution in [1.82, 2.24) is 10.2 Å². The first kappa shape index (κ1) is 16.4. The van der Waals surface area contributed by atoms with Crippen molar-refractivity contribution in [3.63, 3.8) is 0 Å². The first-order valence-electron chi connectivity index (χ1n) is 9.49. The minimum absolute atomic E-state index is 0.0804. The zero-order chi connectivity index (χ0) is 17.4. The van der Waals surface area contributed by atoms with Gasteiger partial charge >= 0.3 is 0 Å². The normalized spacial score (nSPS) is 19.2. The van der Waals surface area contributed by atoms with Gasteiger partial charge < -0.3 is 10.2 Å². The molecule has 3 saturated carbocycles. The lowest BCUT2D eigenvalue weighted by Crippen LogP contribution is -2.31. The average molecular weight is 338 g/mol. The number of nitrogens with zero attached hydrogens (tertiary/aromatic N) is 1. The molecule has 0 aromatic heterocycles. The van der Waals surface area contributed by atoms with Gasteiger partial charge in [-0.2, -0.15) is 0 Å². The molecule has 3 aliphatic rings. The molecule has 1 N–H and O–H groups in total. The van der Waals surface area contributed by atoms with Crippen molar-refractivity contribution in [3.05, 3.63) is 47.0 Å². The van der Waals surface area contributed by atoms with Gasteiger partial charge in [-0.25, -0.2) is 0 Å². The minimum atomic E-state index is -0.0804. The van der Waals surface area contributed by atoms with E-state index in [1.807, 2.05) is 35.2 Å². The van der Waals surface area contributed by atoms with Crippen molar-refractivity contribution in [2.45, 2.75) is 51.1 Å². The maximum absolute atomic E-state index is 12.9. The molecule has 0 atom stereocenters. The van der Waals surface area contributed by atoms with Crippen LogP contribution >= 0.6 is 0 Å². The molecule has 3 aliphatic carbocycles. The summed E-state index contributed by atoms with van der Waals surface area (Å²) < 4.78 is 0. The molecule has 0 unspecified atom stereocenters. The number of hydrogen-bond donors (Lipinski definition) is 1. The van der Waals surface area contributed by atoms with Gasteiger partial charge in [-0.3, -0.25) is 9.59 Å². The maximum atomic E-state index is 12.9. The molecule has 0 spiro atoms. The SMILES string of the molecule is CNC(=O)c1ccc(CN(C(=O)C=C(C2CC2)C2CC2)C2CC2)cc1. The number of hydrogen-bond acceptors (Lipinski definition) is 2. The number of carbonyl (C=O) groups excluding carboxylic acids is 2. The third-order valence-electron chi connectivity index (χ3n) is 5.45. The number of benzene rings is 1. The van der Waals surface area contributed by atoms with Crippen molar-refractivity contribution in [2.24, 2.45) is 11.8 Å². The van der Waals surface area contributed by atoms with Crippen LogP contribution in [0.4, 0.5) is 0 Å². The van der Waals surface area contributed by atoms with Crippen molar-refractivity contribution in [1.29, 1.82) is 0 Å². The Hall–Kier alpha value is -2.10. The molecule has 25 heavy (non-hydrogen) atoms. The highest BCUT2D eigenvalue weighted by atomic mass is 16.2. The van der Waals surface area contributed by atoms with Gasteiger partial charge in [0.15, 0.2) is 0 Å². The third-order valence-corrected chi connectivity index (χ3v) is 5.45. The van der Waals surface area contributed by atoms with Crippen LogP contribution < -0.4 is 5.32 Å². The Labute approximate surface area is 149 Å². The van der Waals surface area contributed by atoms with Gasteiger partial charge in [0.05, 0.1) is 0 Å². The summed E-state index contributed by atoms with van der Waals surface area (Å²) in [6.07, 6.45) is 9.24. The van der Waals surface area contributed by atoms with Crippen LogP contribution in [0.15, 0.2) is 35.9 Å². The lowest BCUT2D eigenvalue weighted by molar-refractivity contribution is -0.127. The first-order chi connectivity index (χ1) is 12.2. The number of amides is 2. The molecule has 0 heterocycles. The summed E-state index contributed by atoms with van der Waals surface area (Å²) in [4.78, 5) is 26.6. The van der Waals surface area contributed by atoms with Gasteiger partial charge in [-0.15, -0.1) is 0 Å². The van der Waals surface area contributed by atoms with E-state index in [-0.39, 0.29) is 11.8 Å². The van der Waals surface area contributed by atoms with Gasteiger partial charge in [0, 0.05) is 31.3 Å². The number of carbonyl (C=O) groups is 2. The summed E-state index contributed by atoms with van der Waals surface area (Å²) in [7, 11) is 1.63. The molecule has 1 aromatic carbocycles. The Morgan fingerprint density at radius 2 is 1.64 bits per heavy atom. The maximum Gasteiger partial charge on any atom is 0.251 e. The summed E-state index contributed by atoms with van der Waals surface area (Å²) in [6, 6.07) is 7.97. The Morgan fingerprint density at radius 3 is 2.12 bits per heavy atom. The second-order valence-corrected chi connectivity index (χ2v) is 7.67.